The fourth-order valence-electron chi connectivity index (χ4n) is 4.15. The van der Waals surface area contributed by atoms with Crippen molar-refractivity contribution in [2.75, 3.05) is 32.2 Å². The molecule has 3 aromatic rings. The number of benzene rings is 3. The molecule has 7 heteroatoms. The number of rotatable bonds is 7. The fourth-order valence-corrected chi connectivity index (χ4v) is 4.15. The molecule has 2 aliphatic heterocycles. The number of para-hydroxylation sites is 1. The molecule has 0 saturated heterocycles. The Hall–Kier alpha value is -4.26. The zero-order valence-corrected chi connectivity index (χ0v) is 18.7. The van der Waals surface area contributed by atoms with Gasteiger partial charge >= 0.3 is 0 Å². The minimum absolute atomic E-state index is 0.208. The highest BCUT2D eigenvalue weighted by Gasteiger charge is 2.40. The van der Waals surface area contributed by atoms with Crippen molar-refractivity contribution in [1.29, 1.82) is 0 Å². The minimum Gasteiger partial charge on any atom is -0.496 e. The molecule has 0 aromatic heterocycles. The summed E-state index contributed by atoms with van der Waals surface area (Å²) >= 11 is 0. The maximum Gasteiger partial charge on any atom is 0.278 e. The lowest BCUT2D eigenvalue weighted by molar-refractivity contribution is -0.136. The topological polar surface area (TPSA) is 77.1 Å². The molecule has 172 valence electrons. The molecule has 0 atom stereocenters. The summed E-state index contributed by atoms with van der Waals surface area (Å²) in [6.07, 6.45) is 0.564. The van der Waals surface area contributed by atoms with Gasteiger partial charge in [0.25, 0.3) is 11.8 Å². The monoisotopic (exact) mass is 456 g/mol. The molecule has 0 bridgehead atoms. The van der Waals surface area contributed by atoms with Crippen molar-refractivity contribution in [2.45, 2.75) is 6.42 Å². The van der Waals surface area contributed by atoms with Gasteiger partial charge in [0.15, 0.2) is 11.5 Å². The number of imide groups is 1. The standard InChI is InChI=1S/C27H24N2O5/c1-32-21-10-6-5-9-20(21)24-25(28-19-11-12-22-23(17-19)34-16-15-33-22)27(31)29(26(24)30)14-13-18-7-3-2-4-8-18/h2-12,17,28H,13-16H2,1H3. The largest absolute Gasteiger partial charge is 0.496 e. The van der Waals surface area contributed by atoms with Crippen molar-refractivity contribution in [3.63, 3.8) is 0 Å². The summed E-state index contributed by atoms with van der Waals surface area (Å²) in [5.74, 6) is 1.02. The van der Waals surface area contributed by atoms with Crippen LogP contribution in [0.5, 0.6) is 17.2 Å². The summed E-state index contributed by atoms with van der Waals surface area (Å²) in [4.78, 5) is 28.3. The summed E-state index contributed by atoms with van der Waals surface area (Å²) in [5, 5.41) is 3.18. The summed E-state index contributed by atoms with van der Waals surface area (Å²) in [7, 11) is 1.54. The predicted molar refractivity (Wildman–Crippen MR) is 128 cm³/mol. The number of nitrogens with zero attached hydrogens (tertiary/aromatic N) is 1. The Morgan fingerprint density at radius 1 is 0.882 bits per heavy atom. The van der Waals surface area contributed by atoms with Crippen LogP contribution in [0.25, 0.3) is 5.57 Å². The van der Waals surface area contributed by atoms with Gasteiger partial charge in [0, 0.05) is 23.9 Å². The third-order valence-corrected chi connectivity index (χ3v) is 5.82. The Morgan fingerprint density at radius 2 is 1.62 bits per heavy atom. The van der Waals surface area contributed by atoms with E-state index in [1.807, 2.05) is 42.5 Å². The second-order valence-electron chi connectivity index (χ2n) is 7.93. The van der Waals surface area contributed by atoms with Crippen LogP contribution in [0, 0.1) is 0 Å². The molecule has 7 nitrogen and oxygen atoms in total. The van der Waals surface area contributed by atoms with Gasteiger partial charge in [0.2, 0.25) is 0 Å². The molecule has 0 aliphatic carbocycles. The minimum atomic E-state index is -0.378. The van der Waals surface area contributed by atoms with E-state index in [0.717, 1.165) is 5.56 Å². The predicted octanol–water partition coefficient (Wildman–Crippen LogP) is 3.90. The van der Waals surface area contributed by atoms with Gasteiger partial charge in [-0.1, -0.05) is 48.5 Å². The lowest BCUT2D eigenvalue weighted by Gasteiger charge is -2.19. The third kappa shape index (κ3) is 4.08. The van der Waals surface area contributed by atoms with E-state index in [4.69, 9.17) is 14.2 Å². The Kier molecular flexibility index (Phi) is 5.91. The number of anilines is 1. The maximum absolute atomic E-state index is 13.5. The molecular formula is C27H24N2O5. The number of fused-ring (bicyclic) bond motifs is 1. The molecule has 3 aromatic carbocycles. The Bertz CT molecular complexity index is 1270. The normalized spacial score (nSPS) is 15.0. The quantitative estimate of drug-likeness (QED) is 0.544. The van der Waals surface area contributed by atoms with Gasteiger partial charge in [-0.2, -0.15) is 0 Å². The van der Waals surface area contributed by atoms with E-state index in [-0.39, 0.29) is 29.6 Å². The van der Waals surface area contributed by atoms with Crippen LogP contribution in [-0.4, -0.2) is 43.6 Å². The maximum atomic E-state index is 13.5. The van der Waals surface area contributed by atoms with Gasteiger partial charge in [-0.05, 0) is 30.2 Å². The Balaban J connectivity index is 1.50. The Labute approximate surface area is 197 Å². The molecule has 2 amide bonds. The van der Waals surface area contributed by atoms with Crippen molar-refractivity contribution in [1.82, 2.24) is 4.90 Å². The van der Waals surface area contributed by atoms with Crippen LogP contribution in [-0.2, 0) is 16.0 Å². The highest BCUT2D eigenvalue weighted by Crippen LogP contribution is 2.37. The van der Waals surface area contributed by atoms with Crippen LogP contribution in [0.2, 0.25) is 0 Å². The highest BCUT2D eigenvalue weighted by atomic mass is 16.6. The number of carbonyl (C=O) groups excluding carboxylic acids is 2. The third-order valence-electron chi connectivity index (χ3n) is 5.82. The zero-order valence-electron chi connectivity index (χ0n) is 18.7. The van der Waals surface area contributed by atoms with Gasteiger partial charge in [-0.15, -0.1) is 0 Å². The zero-order chi connectivity index (χ0) is 23.5. The average Bonchev–Trinajstić information content (AvgIpc) is 3.11. The van der Waals surface area contributed by atoms with E-state index in [1.165, 1.54) is 4.90 Å². The van der Waals surface area contributed by atoms with Gasteiger partial charge in [-0.3, -0.25) is 14.5 Å². The van der Waals surface area contributed by atoms with Gasteiger partial charge in [-0.25, -0.2) is 0 Å². The molecule has 0 spiro atoms. The van der Waals surface area contributed by atoms with Crippen LogP contribution < -0.4 is 19.5 Å². The highest BCUT2D eigenvalue weighted by molar-refractivity contribution is 6.37. The number of hydrogen-bond donors (Lipinski definition) is 1. The molecule has 0 saturated carbocycles. The van der Waals surface area contributed by atoms with Gasteiger partial charge in [0.05, 0.1) is 12.7 Å². The molecule has 0 fully saturated rings. The summed E-state index contributed by atoms with van der Waals surface area (Å²) < 4.78 is 16.8. The number of hydrogen-bond acceptors (Lipinski definition) is 6. The molecule has 0 unspecified atom stereocenters. The summed E-state index contributed by atoms with van der Waals surface area (Å²) in [6.45, 7) is 1.22. The lowest BCUT2D eigenvalue weighted by Crippen LogP contribution is -2.34. The second kappa shape index (κ2) is 9.31. The van der Waals surface area contributed by atoms with Crippen LogP contribution in [0.4, 0.5) is 5.69 Å². The van der Waals surface area contributed by atoms with Crippen LogP contribution in [0.3, 0.4) is 0 Å². The van der Waals surface area contributed by atoms with E-state index in [2.05, 4.69) is 5.32 Å². The van der Waals surface area contributed by atoms with E-state index in [1.54, 1.807) is 37.4 Å². The molecule has 2 heterocycles. The first-order valence-corrected chi connectivity index (χ1v) is 11.1. The number of carbonyl (C=O) groups is 2. The number of methoxy groups -OCH3 is 1. The molecule has 5 rings (SSSR count). The van der Waals surface area contributed by atoms with Crippen molar-refractivity contribution >= 4 is 23.1 Å². The van der Waals surface area contributed by atoms with Crippen LogP contribution in [0.1, 0.15) is 11.1 Å². The van der Waals surface area contributed by atoms with E-state index >= 15 is 0 Å². The number of amides is 2. The molecular weight excluding hydrogens is 432 g/mol. The lowest BCUT2D eigenvalue weighted by atomic mass is 10.0. The van der Waals surface area contributed by atoms with E-state index < -0.39 is 0 Å². The fraction of sp³-hybridized carbons (Fsp3) is 0.185. The summed E-state index contributed by atoms with van der Waals surface area (Å²) in [5.41, 5.74) is 2.73. The number of ether oxygens (including phenoxy) is 3. The average molecular weight is 456 g/mol. The second-order valence-corrected chi connectivity index (χ2v) is 7.93. The smallest absolute Gasteiger partial charge is 0.278 e. The van der Waals surface area contributed by atoms with Gasteiger partial charge < -0.3 is 19.5 Å². The first-order chi connectivity index (χ1) is 16.7. The first-order valence-electron chi connectivity index (χ1n) is 11.1. The van der Waals surface area contributed by atoms with E-state index in [9.17, 15) is 9.59 Å². The van der Waals surface area contributed by atoms with Crippen molar-refractivity contribution < 1.29 is 23.8 Å². The van der Waals surface area contributed by atoms with Crippen molar-refractivity contribution in [3.8, 4) is 17.2 Å². The molecule has 0 radical (unpaired) electrons. The number of nitrogens with one attached hydrogen (secondary N) is 1. The van der Waals surface area contributed by atoms with Crippen molar-refractivity contribution in [2.24, 2.45) is 0 Å². The molecule has 2 aliphatic rings. The molecule has 1 N–H and O–H groups in total. The first kappa shape index (κ1) is 21.6. The Morgan fingerprint density at radius 3 is 2.41 bits per heavy atom. The summed E-state index contributed by atoms with van der Waals surface area (Å²) in [6, 6.07) is 22.3. The van der Waals surface area contributed by atoms with E-state index in [0.29, 0.717) is 48.1 Å². The van der Waals surface area contributed by atoms with Crippen molar-refractivity contribution in [3.05, 3.63) is 89.6 Å². The van der Waals surface area contributed by atoms with Gasteiger partial charge in [0.1, 0.15) is 24.7 Å². The molecule has 34 heavy (non-hydrogen) atoms. The van der Waals surface area contributed by atoms with Crippen LogP contribution in [0.15, 0.2) is 78.5 Å². The van der Waals surface area contributed by atoms with Crippen LogP contribution >= 0.6 is 0 Å². The SMILES string of the molecule is COc1ccccc1C1=C(Nc2ccc3c(c2)OCCO3)C(=O)N(CCc2ccccc2)C1=O.